The Kier molecular flexibility index (Phi) is 4.92. The maximum atomic E-state index is 13.0. The van der Waals surface area contributed by atoms with E-state index in [1.165, 1.54) is 18.2 Å². The van der Waals surface area contributed by atoms with Crippen molar-refractivity contribution in [3.63, 3.8) is 0 Å². The van der Waals surface area contributed by atoms with Gasteiger partial charge < -0.3 is 15.8 Å². The van der Waals surface area contributed by atoms with Gasteiger partial charge in [-0.2, -0.15) is 0 Å². The van der Waals surface area contributed by atoms with Crippen molar-refractivity contribution in [2.75, 3.05) is 37.8 Å². The zero-order valence-electron chi connectivity index (χ0n) is 11.6. The van der Waals surface area contributed by atoms with Gasteiger partial charge in [0.2, 0.25) is 5.91 Å². The first-order valence-corrected chi connectivity index (χ1v) is 6.69. The van der Waals surface area contributed by atoms with Crippen LogP contribution in [0, 0.1) is 5.82 Å². The van der Waals surface area contributed by atoms with Crippen LogP contribution in [0.2, 0.25) is 0 Å². The number of anilines is 2. The number of nitrogens with two attached hydrogens (primary N) is 1. The van der Waals surface area contributed by atoms with Crippen LogP contribution < -0.4 is 11.1 Å². The average molecular weight is 281 g/mol. The summed E-state index contributed by atoms with van der Waals surface area (Å²) in [5.74, 6) is -0.644. The normalized spacial score (nSPS) is 18.4. The Bertz CT molecular complexity index is 475. The summed E-state index contributed by atoms with van der Waals surface area (Å²) in [6.45, 7) is 1.80. The summed E-state index contributed by atoms with van der Waals surface area (Å²) in [5, 5.41) is 2.70. The molecule has 1 heterocycles. The summed E-state index contributed by atoms with van der Waals surface area (Å²) in [7, 11) is 1.88. The number of likely N-dealkylation sites (N-methyl/N-ethyl adjacent to an activating group) is 1. The molecule has 1 fully saturated rings. The van der Waals surface area contributed by atoms with E-state index in [4.69, 9.17) is 10.5 Å². The molecule has 1 atom stereocenters. The SMILES string of the molecule is CN(CC(=O)Nc1ccc(F)c(N)c1)CC1CCCO1. The molecule has 2 rings (SSSR count). The molecule has 3 N–H and O–H groups in total. The van der Waals surface area contributed by atoms with Gasteiger partial charge in [-0.1, -0.05) is 0 Å². The van der Waals surface area contributed by atoms with Gasteiger partial charge in [-0.25, -0.2) is 4.39 Å². The summed E-state index contributed by atoms with van der Waals surface area (Å²) in [6, 6.07) is 4.14. The Morgan fingerprint density at radius 2 is 2.40 bits per heavy atom. The van der Waals surface area contributed by atoms with Gasteiger partial charge in [-0.15, -0.1) is 0 Å². The molecule has 1 saturated heterocycles. The van der Waals surface area contributed by atoms with E-state index in [0.29, 0.717) is 5.69 Å². The molecule has 1 unspecified atom stereocenters. The molecule has 0 spiro atoms. The molecule has 20 heavy (non-hydrogen) atoms. The Morgan fingerprint density at radius 1 is 1.60 bits per heavy atom. The number of carbonyl (C=O) groups is 1. The lowest BCUT2D eigenvalue weighted by Crippen LogP contribution is -2.35. The maximum Gasteiger partial charge on any atom is 0.238 e. The number of nitrogen functional groups attached to an aromatic ring is 1. The second kappa shape index (κ2) is 6.67. The molecule has 1 aromatic rings. The van der Waals surface area contributed by atoms with Crippen molar-refractivity contribution in [3.05, 3.63) is 24.0 Å². The maximum absolute atomic E-state index is 13.0. The van der Waals surface area contributed by atoms with Crippen LogP contribution in [0.1, 0.15) is 12.8 Å². The van der Waals surface area contributed by atoms with Crippen LogP contribution in [0.3, 0.4) is 0 Å². The van der Waals surface area contributed by atoms with Gasteiger partial charge in [0.05, 0.1) is 18.3 Å². The highest BCUT2D eigenvalue weighted by Gasteiger charge is 2.18. The van der Waals surface area contributed by atoms with Gasteiger partial charge in [0, 0.05) is 18.8 Å². The monoisotopic (exact) mass is 281 g/mol. The molecule has 6 heteroatoms. The van der Waals surface area contributed by atoms with E-state index in [1.54, 1.807) is 0 Å². The van der Waals surface area contributed by atoms with E-state index in [1.807, 2.05) is 11.9 Å². The van der Waals surface area contributed by atoms with E-state index in [2.05, 4.69) is 5.32 Å². The topological polar surface area (TPSA) is 67.6 Å². The number of ether oxygens (including phenoxy) is 1. The lowest BCUT2D eigenvalue weighted by Gasteiger charge is -2.19. The number of halogens is 1. The highest BCUT2D eigenvalue weighted by Crippen LogP contribution is 2.16. The lowest BCUT2D eigenvalue weighted by molar-refractivity contribution is -0.117. The van der Waals surface area contributed by atoms with Gasteiger partial charge in [0.25, 0.3) is 0 Å². The minimum atomic E-state index is -0.488. The lowest BCUT2D eigenvalue weighted by atomic mass is 10.2. The first-order valence-electron chi connectivity index (χ1n) is 6.69. The third kappa shape index (κ3) is 4.18. The quantitative estimate of drug-likeness (QED) is 0.802. The summed E-state index contributed by atoms with van der Waals surface area (Å²) in [4.78, 5) is 13.8. The molecule has 0 aliphatic carbocycles. The summed E-state index contributed by atoms with van der Waals surface area (Å²) >= 11 is 0. The zero-order valence-corrected chi connectivity index (χ0v) is 11.6. The van der Waals surface area contributed by atoms with Crippen LogP contribution >= 0.6 is 0 Å². The van der Waals surface area contributed by atoms with Crippen molar-refractivity contribution in [2.24, 2.45) is 0 Å². The fourth-order valence-electron chi connectivity index (χ4n) is 2.27. The number of amides is 1. The Balaban J connectivity index is 1.80. The number of rotatable bonds is 5. The van der Waals surface area contributed by atoms with Crippen LogP contribution in [-0.4, -0.2) is 43.7 Å². The zero-order chi connectivity index (χ0) is 14.5. The Labute approximate surface area is 117 Å². The van der Waals surface area contributed by atoms with Gasteiger partial charge in [-0.3, -0.25) is 9.69 Å². The van der Waals surface area contributed by atoms with E-state index in [-0.39, 0.29) is 24.2 Å². The molecule has 5 nitrogen and oxygen atoms in total. The van der Waals surface area contributed by atoms with Crippen molar-refractivity contribution in [1.29, 1.82) is 0 Å². The highest BCUT2D eigenvalue weighted by atomic mass is 19.1. The molecular weight excluding hydrogens is 261 g/mol. The minimum absolute atomic E-state index is 0.0236. The first kappa shape index (κ1) is 14.7. The molecule has 1 aliphatic heterocycles. The summed E-state index contributed by atoms with van der Waals surface area (Å²) in [5.41, 5.74) is 5.98. The molecule has 0 aromatic heterocycles. The third-order valence-corrected chi connectivity index (χ3v) is 3.23. The first-order chi connectivity index (χ1) is 9.54. The molecule has 0 radical (unpaired) electrons. The van der Waals surface area contributed by atoms with Crippen LogP contribution in [0.25, 0.3) is 0 Å². The molecule has 0 bridgehead atoms. The summed E-state index contributed by atoms with van der Waals surface area (Å²) < 4.78 is 18.5. The predicted molar refractivity (Wildman–Crippen MR) is 75.9 cm³/mol. The highest BCUT2D eigenvalue weighted by molar-refractivity contribution is 5.92. The number of hydrogen-bond donors (Lipinski definition) is 2. The van der Waals surface area contributed by atoms with Crippen LogP contribution in [0.4, 0.5) is 15.8 Å². The number of carbonyl (C=O) groups excluding carboxylic acids is 1. The predicted octanol–water partition coefficient (Wildman–Crippen LogP) is 1.46. The van der Waals surface area contributed by atoms with Crippen LogP contribution in [-0.2, 0) is 9.53 Å². The van der Waals surface area contributed by atoms with Crippen molar-refractivity contribution < 1.29 is 13.9 Å². The van der Waals surface area contributed by atoms with Crippen molar-refractivity contribution in [1.82, 2.24) is 4.90 Å². The van der Waals surface area contributed by atoms with Crippen molar-refractivity contribution in [3.8, 4) is 0 Å². The Hall–Kier alpha value is -1.66. The van der Waals surface area contributed by atoms with E-state index >= 15 is 0 Å². The molecule has 1 aliphatic rings. The molecular formula is C14H20FN3O2. The largest absolute Gasteiger partial charge is 0.396 e. The van der Waals surface area contributed by atoms with Crippen molar-refractivity contribution >= 4 is 17.3 Å². The van der Waals surface area contributed by atoms with Gasteiger partial charge in [-0.05, 0) is 38.1 Å². The number of nitrogens with one attached hydrogen (secondary N) is 1. The van der Waals surface area contributed by atoms with Gasteiger partial charge in [0.15, 0.2) is 0 Å². The number of benzene rings is 1. The second-order valence-electron chi connectivity index (χ2n) is 5.12. The molecule has 0 saturated carbocycles. The van der Waals surface area contributed by atoms with Crippen LogP contribution in [0.15, 0.2) is 18.2 Å². The fraction of sp³-hybridized carbons (Fsp3) is 0.500. The summed E-state index contributed by atoms with van der Waals surface area (Å²) in [6.07, 6.45) is 2.34. The molecule has 110 valence electrons. The third-order valence-electron chi connectivity index (χ3n) is 3.23. The van der Waals surface area contributed by atoms with Crippen molar-refractivity contribution in [2.45, 2.75) is 18.9 Å². The second-order valence-corrected chi connectivity index (χ2v) is 5.12. The number of nitrogens with zero attached hydrogens (tertiary/aromatic N) is 1. The fourth-order valence-corrected chi connectivity index (χ4v) is 2.27. The molecule has 1 aromatic carbocycles. The van der Waals surface area contributed by atoms with Crippen LogP contribution in [0.5, 0.6) is 0 Å². The molecule has 1 amide bonds. The smallest absolute Gasteiger partial charge is 0.238 e. The van der Waals surface area contributed by atoms with E-state index in [0.717, 1.165) is 26.0 Å². The van der Waals surface area contributed by atoms with E-state index in [9.17, 15) is 9.18 Å². The standard InChI is InChI=1S/C14H20FN3O2/c1-18(8-11-3-2-6-20-11)9-14(19)17-10-4-5-12(15)13(16)7-10/h4-5,7,11H,2-3,6,8-9,16H2,1H3,(H,17,19). The van der Waals surface area contributed by atoms with E-state index < -0.39 is 5.82 Å². The minimum Gasteiger partial charge on any atom is -0.396 e. The average Bonchev–Trinajstić information content (AvgIpc) is 2.86. The number of hydrogen-bond acceptors (Lipinski definition) is 4. The Morgan fingerprint density at radius 3 is 3.05 bits per heavy atom. The van der Waals surface area contributed by atoms with Gasteiger partial charge >= 0.3 is 0 Å². The van der Waals surface area contributed by atoms with Gasteiger partial charge in [0.1, 0.15) is 5.82 Å².